The summed E-state index contributed by atoms with van der Waals surface area (Å²) in [4.78, 5) is 16.3. The van der Waals surface area contributed by atoms with Crippen molar-refractivity contribution < 1.29 is 22.4 Å². The molecule has 7 nitrogen and oxygen atoms in total. The molecule has 0 N–H and O–H groups in total. The summed E-state index contributed by atoms with van der Waals surface area (Å²) < 4.78 is 52.8. The third-order valence-electron chi connectivity index (χ3n) is 5.09. The molecule has 0 spiro atoms. The second-order valence-electron chi connectivity index (χ2n) is 7.13. The number of carbonyl (C=O) groups excluding carboxylic acids is 1. The van der Waals surface area contributed by atoms with Crippen molar-refractivity contribution in [2.24, 2.45) is 0 Å². The Labute approximate surface area is 174 Å². The number of nitrogens with zero attached hydrogens (tertiary/aromatic N) is 6. The van der Waals surface area contributed by atoms with E-state index in [1.165, 1.54) is 28.9 Å². The van der Waals surface area contributed by atoms with Gasteiger partial charge in [0.15, 0.2) is 5.82 Å². The Morgan fingerprint density at radius 1 is 0.935 bits per heavy atom. The Hall–Kier alpha value is -3.34. The fourth-order valence-electron chi connectivity index (χ4n) is 3.38. The molecule has 2 heterocycles. The molecule has 0 unspecified atom stereocenters. The number of aromatic nitrogens is 4. The molecule has 0 bridgehead atoms. The Bertz CT molecular complexity index is 1040. The third-order valence-corrected chi connectivity index (χ3v) is 5.09. The molecule has 0 aliphatic carbocycles. The van der Waals surface area contributed by atoms with Crippen molar-refractivity contribution in [2.75, 3.05) is 26.2 Å². The van der Waals surface area contributed by atoms with E-state index in [0.717, 1.165) is 12.1 Å². The fourth-order valence-corrected chi connectivity index (χ4v) is 3.38. The number of rotatable bonds is 4. The van der Waals surface area contributed by atoms with Gasteiger partial charge in [-0.25, -0.2) is 4.39 Å². The quantitative estimate of drug-likeness (QED) is 0.591. The van der Waals surface area contributed by atoms with Gasteiger partial charge in [-0.05, 0) is 59.0 Å². The van der Waals surface area contributed by atoms with Gasteiger partial charge in [-0.2, -0.15) is 17.9 Å². The first-order chi connectivity index (χ1) is 14.8. The predicted octanol–water partition coefficient (Wildman–Crippen LogP) is 2.78. The standard InChI is InChI=1S/C20H18F4N6O/c21-16-5-7-17(8-6-16)30-18(25-26-27-30)13-28-9-11-29(12-10-28)19(31)14-1-3-15(4-2-14)20(22,23)24/h1-8H,9-13H2. The number of hydrogen-bond donors (Lipinski definition) is 0. The predicted molar refractivity (Wildman–Crippen MR) is 102 cm³/mol. The van der Waals surface area contributed by atoms with Crippen LogP contribution in [0.5, 0.6) is 0 Å². The Morgan fingerprint density at radius 2 is 1.58 bits per heavy atom. The van der Waals surface area contributed by atoms with Crippen LogP contribution in [-0.4, -0.2) is 62.1 Å². The summed E-state index contributed by atoms with van der Waals surface area (Å²) in [6.45, 7) is 2.41. The molecular weight excluding hydrogens is 416 g/mol. The highest BCUT2D eigenvalue weighted by Crippen LogP contribution is 2.29. The third kappa shape index (κ3) is 4.71. The number of carbonyl (C=O) groups is 1. The molecule has 162 valence electrons. The molecule has 1 saturated heterocycles. The average Bonchev–Trinajstić information content (AvgIpc) is 3.22. The van der Waals surface area contributed by atoms with E-state index < -0.39 is 11.7 Å². The lowest BCUT2D eigenvalue weighted by molar-refractivity contribution is -0.137. The molecule has 11 heteroatoms. The van der Waals surface area contributed by atoms with Crippen molar-refractivity contribution in [2.45, 2.75) is 12.7 Å². The summed E-state index contributed by atoms with van der Waals surface area (Å²) in [5, 5.41) is 11.7. The van der Waals surface area contributed by atoms with Gasteiger partial charge >= 0.3 is 6.18 Å². The molecular formula is C20H18F4N6O. The molecule has 0 radical (unpaired) electrons. The van der Waals surface area contributed by atoms with Crippen molar-refractivity contribution in [1.82, 2.24) is 30.0 Å². The molecule has 1 aliphatic rings. The summed E-state index contributed by atoms with van der Waals surface area (Å²) in [5.74, 6) is -0.0779. The minimum Gasteiger partial charge on any atom is -0.336 e. The van der Waals surface area contributed by atoms with Gasteiger partial charge in [0.1, 0.15) is 5.82 Å². The summed E-state index contributed by atoms with van der Waals surface area (Å²) in [6.07, 6.45) is -4.43. The number of alkyl halides is 3. The van der Waals surface area contributed by atoms with Crippen LogP contribution >= 0.6 is 0 Å². The summed E-state index contributed by atoms with van der Waals surface area (Å²) in [7, 11) is 0. The van der Waals surface area contributed by atoms with Gasteiger partial charge in [-0.3, -0.25) is 9.69 Å². The molecule has 1 fully saturated rings. The number of tetrazole rings is 1. The number of hydrogen-bond acceptors (Lipinski definition) is 5. The number of amides is 1. The van der Waals surface area contributed by atoms with Crippen LogP contribution in [0.15, 0.2) is 48.5 Å². The van der Waals surface area contributed by atoms with Crippen molar-refractivity contribution in [3.63, 3.8) is 0 Å². The Balaban J connectivity index is 1.36. The van der Waals surface area contributed by atoms with E-state index in [0.29, 0.717) is 44.2 Å². The lowest BCUT2D eigenvalue weighted by Gasteiger charge is -2.34. The van der Waals surface area contributed by atoms with E-state index in [4.69, 9.17) is 0 Å². The fraction of sp³-hybridized carbons (Fsp3) is 0.300. The topological polar surface area (TPSA) is 67.2 Å². The van der Waals surface area contributed by atoms with Crippen molar-refractivity contribution >= 4 is 5.91 Å². The molecule has 31 heavy (non-hydrogen) atoms. The lowest BCUT2D eigenvalue weighted by Crippen LogP contribution is -2.48. The molecule has 1 aliphatic heterocycles. The minimum atomic E-state index is -4.43. The van der Waals surface area contributed by atoms with Gasteiger partial charge in [0.2, 0.25) is 0 Å². The van der Waals surface area contributed by atoms with Crippen LogP contribution in [0.3, 0.4) is 0 Å². The zero-order valence-corrected chi connectivity index (χ0v) is 16.3. The maximum absolute atomic E-state index is 13.1. The smallest absolute Gasteiger partial charge is 0.336 e. The van der Waals surface area contributed by atoms with Crippen LogP contribution in [0, 0.1) is 5.82 Å². The molecule has 0 saturated carbocycles. The first-order valence-electron chi connectivity index (χ1n) is 9.53. The van der Waals surface area contributed by atoms with E-state index in [9.17, 15) is 22.4 Å². The zero-order valence-electron chi connectivity index (χ0n) is 16.3. The normalized spacial score (nSPS) is 15.3. The van der Waals surface area contributed by atoms with Crippen molar-refractivity contribution in [3.8, 4) is 5.69 Å². The number of benzene rings is 2. The molecule has 2 aromatic carbocycles. The van der Waals surface area contributed by atoms with E-state index in [-0.39, 0.29) is 17.3 Å². The molecule has 3 aromatic rings. The van der Waals surface area contributed by atoms with Gasteiger partial charge in [0, 0.05) is 31.7 Å². The van der Waals surface area contributed by atoms with Crippen LogP contribution < -0.4 is 0 Å². The van der Waals surface area contributed by atoms with E-state index in [1.54, 1.807) is 17.0 Å². The second-order valence-corrected chi connectivity index (χ2v) is 7.13. The Morgan fingerprint density at radius 3 is 2.19 bits per heavy atom. The maximum Gasteiger partial charge on any atom is 0.416 e. The first-order valence-corrected chi connectivity index (χ1v) is 9.53. The summed E-state index contributed by atoms with van der Waals surface area (Å²) in [6, 6.07) is 10.0. The number of halogens is 4. The number of piperazine rings is 1. The average molecular weight is 434 g/mol. The lowest BCUT2D eigenvalue weighted by atomic mass is 10.1. The molecule has 1 amide bonds. The summed E-state index contributed by atoms with van der Waals surface area (Å²) >= 11 is 0. The van der Waals surface area contributed by atoms with Crippen LogP contribution in [0.4, 0.5) is 17.6 Å². The van der Waals surface area contributed by atoms with Gasteiger partial charge in [-0.15, -0.1) is 5.10 Å². The van der Waals surface area contributed by atoms with Gasteiger partial charge in [0.05, 0.1) is 17.8 Å². The highest BCUT2D eigenvalue weighted by Gasteiger charge is 2.31. The first kappa shape index (κ1) is 20.9. The van der Waals surface area contributed by atoms with Crippen LogP contribution in [0.2, 0.25) is 0 Å². The van der Waals surface area contributed by atoms with E-state index >= 15 is 0 Å². The summed E-state index contributed by atoms with van der Waals surface area (Å²) in [5.41, 5.74) is 0.0759. The van der Waals surface area contributed by atoms with Crippen molar-refractivity contribution in [3.05, 3.63) is 71.3 Å². The van der Waals surface area contributed by atoms with Crippen molar-refractivity contribution in [1.29, 1.82) is 0 Å². The minimum absolute atomic E-state index is 0.224. The molecule has 0 atom stereocenters. The zero-order chi connectivity index (χ0) is 22.0. The van der Waals surface area contributed by atoms with Crippen LogP contribution in [0.1, 0.15) is 21.7 Å². The highest BCUT2D eigenvalue weighted by molar-refractivity contribution is 5.94. The van der Waals surface area contributed by atoms with Gasteiger partial charge < -0.3 is 4.90 Å². The van der Waals surface area contributed by atoms with E-state index in [2.05, 4.69) is 20.4 Å². The van der Waals surface area contributed by atoms with Crippen LogP contribution in [-0.2, 0) is 12.7 Å². The van der Waals surface area contributed by atoms with Crippen LogP contribution in [0.25, 0.3) is 5.69 Å². The monoisotopic (exact) mass is 434 g/mol. The molecule has 1 aromatic heterocycles. The Kier molecular flexibility index (Phi) is 5.68. The largest absolute Gasteiger partial charge is 0.416 e. The van der Waals surface area contributed by atoms with Gasteiger partial charge in [0.25, 0.3) is 5.91 Å². The SMILES string of the molecule is O=C(c1ccc(C(F)(F)F)cc1)N1CCN(Cc2nnnn2-c2ccc(F)cc2)CC1. The van der Waals surface area contributed by atoms with Gasteiger partial charge in [-0.1, -0.05) is 0 Å². The van der Waals surface area contributed by atoms with E-state index in [1.807, 2.05) is 0 Å². The second kappa shape index (κ2) is 8.42. The maximum atomic E-state index is 13.1. The highest BCUT2D eigenvalue weighted by atomic mass is 19.4. The molecule has 4 rings (SSSR count).